The Kier molecular flexibility index (Phi) is 4.51. The summed E-state index contributed by atoms with van der Waals surface area (Å²) in [7, 11) is 0. The quantitative estimate of drug-likeness (QED) is 0.386. The number of nitrogens with one attached hydrogen (secondary N) is 1. The molecule has 0 radical (unpaired) electrons. The van der Waals surface area contributed by atoms with E-state index in [1.54, 1.807) is 0 Å². The summed E-state index contributed by atoms with van der Waals surface area (Å²) < 4.78 is 0. The van der Waals surface area contributed by atoms with Crippen molar-refractivity contribution in [2.75, 3.05) is 5.43 Å². The second-order valence-corrected chi connectivity index (χ2v) is 5.36. The number of rotatable bonds is 4. The third-order valence-corrected chi connectivity index (χ3v) is 4.11. The first-order valence-corrected chi connectivity index (χ1v) is 7.18. The molecule has 20 heavy (non-hydrogen) atoms. The average Bonchev–Trinajstić information content (AvgIpc) is 2.44. The molecule has 0 aliphatic carbocycles. The zero-order valence-electron chi connectivity index (χ0n) is 12.1. The summed E-state index contributed by atoms with van der Waals surface area (Å²) in [6.07, 6.45) is 2.27. The van der Waals surface area contributed by atoms with Crippen molar-refractivity contribution in [3.63, 3.8) is 0 Å². The highest BCUT2D eigenvalue weighted by atomic mass is 32.2. The summed E-state index contributed by atoms with van der Waals surface area (Å²) in [5, 5.41) is 1.53. The molecule has 106 valence electrons. The van der Waals surface area contributed by atoms with E-state index < -0.39 is 0 Å². The Morgan fingerprint density at radius 1 is 1.15 bits per heavy atom. The summed E-state index contributed by atoms with van der Waals surface area (Å²) in [4.78, 5) is 17.4. The number of hydrazine groups is 1. The standard InChI is InChI=1S/C13H18N6S/c1-5-10-11(19-14)15-6-16-12(10)20-13-17-8(3)7(2)9(4)18-13/h6H,5,14H2,1-4H3,(H,15,16,19). The van der Waals surface area contributed by atoms with E-state index in [0.29, 0.717) is 11.0 Å². The molecule has 2 aromatic heterocycles. The topological polar surface area (TPSA) is 89.6 Å². The fraction of sp³-hybridized carbons (Fsp3) is 0.385. The molecule has 0 bridgehead atoms. The molecule has 7 heteroatoms. The van der Waals surface area contributed by atoms with Crippen LogP contribution in [0.4, 0.5) is 5.82 Å². The molecule has 3 N–H and O–H groups in total. The molecule has 0 aromatic carbocycles. The molecule has 2 aromatic rings. The van der Waals surface area contributed by atoms with Crippen LogP contribution in [-0.2, 0) is 6.42 Å². The number of hydrogen-bond acceptors (Lipinski definition) is 7. The van der Waals surface area contributed by atoms with Crippen LogP contribution in [0.5, 0.6) is 0 Å². The van der Waals surface area contributed by atoms with E-state index in [9.17, 15) is 0 Å². The van der Waals surface area contributed by atoms with Crippen LogP contribution in [0, 0.1) is 20.8 Å². The van der Waals surface area contributed by atoms with Crippen LogP contribution in [0.3, 0.4) is 0 Å². The Labute approximate surface area is 122 Å². The van der Waals surface area contributed by atoms with Gasteiger partial charge < -0.3 is 5.43 Å². The maximum absolute atomic E-state index is 5.48. The Balaban J connectivity index is 2.40. The van der Waals surface area contributed by atoms with Gasteiger partial charge in [0, 0.05) is 17.0 Å². The lowest BCUT2D eigenvalue weighted by Gasteiger charge is -2.11. The van der Waals surface area contributed by atoms with E-state index in [-0.39, 0.29) is 0 Å². The molecule has 0 aliphatic heterocycles. The van der Waals surface area contributed by atoms with Crippen LogP contribution in [0.15, 0.2) is 16.5 Å². The van der Waals surface area contributed by atoms with E-state index in [2.05, 4.69) is 25.4 Å². The number of hydrogen-bond donors (Lipinski definition) is 2. The lowest BCUT2D eigenvalue weighted by Crippen LogP contribution is -2.12. The molecule has 0 saturated heterocycles. The molecule has 0 saturated carbocycles. The molecule has 0 amide bonds. The third-order valence-electron chi connectivity index (χ3n) is 3.20. The van der Waals surface area contributed by atoms with Crippen LogP contribution >= 0.6 is 11.8 Å². The minimum atomic E-state index is 0.644. The van der Waals surface area contributed by atoms with Crippen molar-refractivity contribution < 1.29 is 0 Å². The molecule has 0 aliphatic rings. The summed E-state index contributed by atoms with van der Waals surface area (Å²) >= 11 is 1.44. The SMILES string of the molecule is CCc1c(NN)ncnc1Sc1nc(C)c(C)c(C)n1. The van der Waals surface area contributed by atoms with Gasteiger partial charge in [0.05, 0.1) is 0 Å². The van der Waals surface area contributed by atoms with Gasteiger partial charge >= 0.3 is 0 Å². The Bertz CT molecular complexity index is 605. The highest BCUT2D eigenvalue weighted by molar-refractivity contribution is 7.99. The largest absolute Gasteiger partial charge is 0.308 e. The highest BCUT2D eigenvalue weighted by Crippen LogP contribution is 2.29. The van der Waals surface area contributed by atoms with Gasteiger partial charge in [0.1, 0.15) is 17.2 Å². The van der Waals surface area contributed by atoms with E-state index in [0.717, 1.165) is 34.0 Å². The molecular formula is C13H18N6S. The van der Waals surface area contributed by atoms with E-state index >= 15 is 0 Å². The maximum Gasteiger partial charge on any atom is 0.194 e. The zero-order chi connectivity index (χ0) is 14.7. The predicted octanol–water partition coefficient (Wildman–Crippen LogP) is 2.19. The number of nitrogens with zero attached hydrogens (tertiary/aromatic N) is 4. The minimum absolute atomic E-state index is 0.644. The third kappa shape index (κ3) is 2.88. The predicted molar refractivity (Wildman–Crippen MR) is 79.6 cm³/mol. The van der Waals surface area contributed by atoms with Crippen molar-refractivity contribution in [1.82, 2.24) is 19.9 Å². The van der Waals surface area contributed by atoms with Crippen LogP contribution in [0.2, 0.25) is 0 Å². The monoisotopic (exact) mass is 290 g/mol. The average molecular weight is 290 g/mol. The van der Waals surface area contributed by atoms with E-state index in [4.69, 9.17) is 5.84 Å². The molecule has 0 atom stereocenters. The summed E-state index contributed by atoms with van der Waals surface area (Å²) in [5.41, 5.74) is 6.67. The molecule has 2 rings (SSSR count). The van der Waals surface area contributed by atoms with Crippen molar-refractivity contribution >= 4 is 17.6 Å². The highest BCUT2D eigenvalue weighted by Gasteiger charge is 2.13. The van der Waals surface area contributed by atoms with Gasteiger partial charge in [-0.25, -0.2) is 25.8 Å². The first-order valence-electron chi connectivity index (χ1n) is 6.37. The fourth-order valence-corrected chi connectivity index (χ4v) is 2.80. The van der Waals surface area contributed by atoms with Crippen LogP contribution < -0.4 is 11.3 Å². The van der Waals surface area contributed by atoms with Crippen molar-refractivity contribution in [2.24, 2.45) is 5.84 Å². The van der Waals surface area contributed by atoms with Gasteiger partial charge in [-0.15, -0.1) is 0 Å². The van der Waals surface area contributed by atoms with Gasteiger partial charge in [0.15, 0.2) is 5.16 Å². The molecule has 0 spiro atoms. The molecule has 6 nitrogen and oxygen atoms in total. The van der Waals surface area contributed by atoms with Crippen LogP contribution in [0.1, 0.15) is 29.4 Å². The van der Waals surface area contributed by atoms with Gasteiger partial charge in [-0.05, 0) is 44.5 Å². The molecule has 0 fully saturated rings. The zero-order valence-corrected chi connectivity index (χ0v) is 12.9. The Morgan fingerprint density at radius 3 is 2.35 bits per heavy atom. The Hall–Kier alpha value is -1.73. The van der Waals surface area contributed by atoms with Crippen molar-refractivity contribution in [1.29, 1.82) is 0 Å². The Morgan fingerprint density at radius 2 is 1.80 bits per heavy atom. The van der Waals surface area contributed by atoms with Gasteiger partial charge in [-0.3, -0.25) is 0 Å². The second-order valence-electron chi connectivity index (χ2n) is 4.41. The lowest BCUT2D eigenvalue weighted by molar-refractivity contribution is 0.871. The number of aryl methyl sites for hydroxylation is 2. The van der Waals surface area contributed by atoms with Gasteiger partial charge in [0.25, 0.3) is 0 Å². The summed E-state index contributed by atoms with van der Waals surface area (Å²) in [6.45, 7) is 8.04. The van der Waals surface area contributed by atoms with Gasteiger partial charge in [-0.1, -0.05) is 6.92 Å². The smallest absolute Gasteiger partial charge is 0.194 e. The molecule has 0 unspecified atom stereocenters. The van der Waals surface area contributed by atoms with Crippen LogP contribution in [0.25, 0.3) is 0 Å². The van der Waals surface area contributed by atoms with Crippen molar-refractivity contribution in [3.8, 4) is 0 Å². The van der Waals surface area contributed by atoms with Crippen molar-refractivity contribution in [3.05, 3.63) is 28.8 Å². The van der Waals surface area contributed by atoms with Gasteiger partial charge in [0.2, 0.25) is 0 Å². The maximum atomic E-state index is 5.48. The summed E-state index contributed by atoms with van der Waals surface area (Å²) in [6, 6.07) is 0. The van der Waals surface area contributed by atoms with E-state index in [1.165, 1.54) is 18.1 Å². The van der Waals surface area contributed by atoms with Crippen LogP contribution in [-0.4, -0.2) is 19.9 Å². The first-order chi connectivity index (χ1) is 9.56. The van der Waals surface area contributed by atoms with Crippen molar-refractivity contribution in [2.45, 2.75) is 44.3 Å². The van der Waals surface area contributed by atoms with E-state index in [1.807, 2.05) is 27.7 Å². The molecular weight excluding hydrogens is 272 g/mol. The summed E-state index contributed by atoms with van der Waals surface area (Å²) in [5.74, 6) is 6.12. The lowest BCUT2D eigenvalue weighted by atomic mass is 10.2. The number of nitrogen functional groups attached to an aromatic ring is 1. The number of aromatic nitrogens is 4. The fourth-order valence-electron chi connectivity index (χ4n) is 1.80. The number of nitrogens with two attached hydrogens (primary N) is 1. The minimum Gasteiger partial charge on any atom is -0.308 e. The number of anilines is 1. The normalized spacial score (nSPS) is 10.7. The molecule has 2 heterocycles. The first kappa shape index (κ1) is 14.7. The second kappa shape index (κ2) is 6.15. The van der Waals surface area contributed by atoms with Gasteiger partial charge in [-0.2, -0.15) is 0 Å².